The van der Waals surface area contributed by atoms with Crippen LogP contribution in [0.2, 0.25) is 0 Å². The molecule has 0 bridgehead atoms. The van der Waals surface area contributed by atoms with Gasteiger partial charge in [-0.1, -0.05) is 75.5 Å². The Morgan fingerprint density at radius 3 is 1.58 bits per heavy atom. The maximum atomic E-state index is 2.38. The van der Waals surface area contributed by atoms with Crippen molar-refractivity contribution in [1.29, 1.82) is 0 Å². The van der Waals surface area contributed by atoms with Crippen LogP contribution >= 0.6 is 7.92 Å². The second-order valence-electron chi connectivity index (χ2n) is 5.26. The van der Waals surface area contributed by atoms with Crippen molar-refractivity contribution in [1.82, 2.24) is 0 Å². The second-order valence-corrected chi connectivity index (χ2v) is 8.17. The molecule has 1 heterocycles. The first kappa shape index (κ1) is 12.9. The van der Waals surface area contributed by atoms with Crippen LogP contribution < -0.4 is 0 Å². The third kappa shape index (κ3) is 2.60. The molecule has 0 radical (unpaired) electrons. The van der Waals surface area contributed by atoms with E-state index in [1.807, 2.05) is 0 Å². The molecule has 1 saturated heterocycles. The van der Waals surface area contributed by atoms with Crippen LogP contribution in [0, 0.1) is 0 Å². The van der Waals surface area contributed by atoms with Gasteiger partial charge < -0.3 is 0 Å². The fourth-order valence-corrected chi connectivity index (χ4v) is 6.76. The molecule has 0 spiro atoms. The lowest BCUT2D eigenvalue weighted by Crippen LogP contribution is -1.96. The topological polar surface area (TPSA) is 0 Å². The molecular formula is C18H21P. The lowest BCUT2D eigenvalue weighted by Gasteiger charge is -2.25. The van der Waals surface area contributed by atoms with Gasteiger partial charge in [-0.25, -0.2) is 0 Å². The summed E-state index contributed by atoms with van der Waals surface area (Å²) in [5, 5.41) is 0. The minimum absolute atomic E-state index is 0.0777. The first-order valence-electron chi connectivity index (χ1n) is 7.25. The summed E-state index contributed by atoms with van der Waals surface area (Å²) in [7, 11) is 0.0777. The van der Waals surface area contributed by atoms with E-state index in [0.29, 0.717) is 0 Å². The van der Waals surface area contributed by atoms with Crippen molar-refractivity contribution < 1.29 is 0 Å². The molecule has 0 aromatic heterocycles. The molecule has 0 unspecified atom stereocenters. The first-order chi connectivity index (χ1) is 9.40. The summed E-state index contributed by atoms with van der Waals surface area (Å²) in [5.74, 6) is 0. The van der Waals surface area contributed by atoms with Crippen molar-refractivity contribution in [2.75, 3.05) is 6.16 Å². The van der Waals surface area contributed by atoms with E-state index in [1.165, 1.54) is 19.0 Å². The number of benzene rings is 2. The van der Waals surface area contributed by atoms with Gasteiger partial charge in [-0.05, 0) is 30.1 Å². The Labute approximate surface area is 117 Å². The minimum atomic E-state index is 0.0777. The van der Waals surface area contributed by atoms with Crippen LogP contribution in [0.5, 0.6) is 0 Å². The Morgan fingerprint density at radius 2 is 1.21 bits per heavy atom. The molecule has 0 N–H and O–H groups in total. The molecule has 2 atom stereocenters. The van der Waals surface area contributed by atoms with Gasteiger partial charge in [0.15, 0.2) is 0 Å². The van der Waals surface area contributed by atoms with E-state index in [0.717, 1.165) is 11.3 Å². The zero-order valence-corrected chi connectivity index (χ0v) is 12.4. The summed E-state index contributed by atoms with van der Waals surface area (Å²) in [5.41, 5.74) is 4.75. The van der Waals surface area contributed by atoms with Crippen molar-refractivity contribution in [3.05, 3.63) is 71.8 Å². The summed E-state index contributed by atoms with van der Waals surface area (Å²) in [6, 6.07) is 22.3. The Kier molecular flexibility index (Phi) is 3.99. The van der Waals surface area contributed by atoms with Crippen molar-refractivity contribution in [3.8, 4) is 0 Å². The SMILES string of the molecule is CCP1[C@H](c2ccccc2)CC[C@H]1c1ccccc1. The molecule has 2 aromatic carbocycles. The molecule has 0 saturated carbocycles. The molecule has 1 aliphatic heterocycles. The molecule has 1 heteroatoms. The number of hydrogen-bond donors (Lipinski definition) is 0. The van der Waals surface area contributed by atoms with Crippen LogP contribution in [0.1, 0.15) is 42.2 Å². The Morgan fingerprint density at radius 1 is 0.789 bits per heavy atom. The quantitative estimate of drug-likeness (QED) is 0.620. The summed E-state index contributed by atoms with van der Waals surface area (Å²) < 4.78 is 0. The van der Waals surface area contributed by atoms with Gasteiger partial charge in [-0.2, -0.15) is 0 Å². The van der Waals surface area contributed by atoms with E-state index in [4.69, 9.17) is 0 Å². The average molecular weight is 268 g/mol. The third-order valence-electron chi connectivity index (χ3n) is 4.25. The van der Waals surface area contributed by atoms with Gasteiger partial charge in [-0.15, -0.1) is 0 Å². The largest absolute Gasteiger partial charge is 0.0916 e. The summed E-state index contributed by atoms with van der Waals surface area (Å²) in [6.45, 7) is 2.38. The second kappa shape index (κ2) is 5.88. The third-order valence-corrected chi connectivity index (χ3v) is 7.69. The standard InChI is InChI=1S/C18H21P/c1-2-19-17(15-9-5-3-6-10-15)13-14-18(19)16-11-7-4-8-12-16/h3-12,17-18H,2,13-14H2,1H3/t17-,18-/m0/s1. The predicted octanol–water partition coefficient (Wildman–Crippen LogP) is 5.76. The van der Waals surface area contributed by atoms with Crippen LogP contribution in [-0.2, 0) is 0 Å². The highest BCUT2D eigenvalue weighted by molar-refractivity contribution is 7.58. The van der Waals surface area contributed by atoms with E-state index in [2.05, 4.69) is 67.6 Å². The highest BCUT2D eigenvalue weighted by Gasteiger charge is 2.35. The lowest BCUT2D eigenvalue weighted by atomic mass is 10.0. The fourth-order valence-electron chi connectivity index (χ4n) is 3.37. The number of rotatable bonds is 3. The van der Waals surface area contributed by atoms with Gasteiger partial charge in [0, 0.05) is 11.3 Å². The average Bonchev–Trinajstić information content (AvgIpc) is 2.93. The molecular weight excluding hydrogens is 247 g/mol. The van der Waals surface area contributed by atoms with Gasteiger partial charge in [0.2, 0.25) is 0 Å². The zero-order valence-electron chi connectivity index (χ0n) is 11.5. The normalized spacial score (nSPS) is 23.6. The smallest absolute Gasteiger partial charge is 0.00475 e. The van der Waals surface area contributed by atoms with Gasteiger partial charge >= 0.3 is 0 Å². The van der Waals surface area contributed by atoms with Gasteiger partial charge in [0.05, 0.1) is 0 Å². The van der Waals surface area contributed by atoms with Crippen LogP contribution in [0.15, 0.2) is 60.7 Å². The molecule has 0 aliphatic carbocycles. The van der Waals surface area contributed by atoms with E-state index in [-0.39, 0.29) is 7.92 Å². The van der Waals surface area contributed by atoms with Crippen molar-refractivity contribution >= 4 is 7.92 Å². The van der Waals surface area contributed by atoms with Crippen LogP contribution in [0.3, 0.4) is 0 Å². The van der Waals surface area contributed by atoms with Gasteiger partial charge in [0.1, 0.15) is 0 Å². The Hall–Kier alpha value is -1.13. The van der Waals surface area contributed by atoms with Crippen LogP contribution in [-0.4, -0.2) is 6.16 Å². The van der Waals surface area contributed by atoms with E-state index in [1.54, 1.807) is 11.1 Å². The van der Waals surface area contributed by atoms with Crippen molar-refractivity contribution in [3.63, 3.8) is 0 Å². The van der Waals surface area contributed by atoms with Crippen LogP contribution in [0.25, 0.3) is 0 Å². The molecule has 0 nitrogen and oxygen atoms in total. The van der Waals surface area contributed by atoms with E-state index in [9.17, 15) is 0 Å². The fraction of sp³-hybridized carbons (Fsp3) is 0.333. The van der Waals surface area contributed by atoms with Gasteiger partial charge in [-0.3, -0.25) is 0 Å². The Balaban J connectivity index is 1.87. The highest BCUT2D eigenvalue weighted by atomic mass is 31.1. The molecule has 2 aromatic rings. The monoisotopic (exact) mass is 268 g/mol. The molecule has 98 valence electrons. The van der Waals surface area contributed by atoms with Crippen LogP contribution in [0.4, 0.5) is 0 Å². The minimum Gasteiger partial charge on any atom is -0.0916 e. The summed E-state index contributed by atoms with van der Waals surface area (Å²) >= 11 is 0. The first-order valence-corrected chi connectivity index (χ1v) is 8.92. The molecule has 3 rings (SSSR count). The Bertz CT molecular complexity index is 458. The maximum Gasteiger partial charge on any atom is 0.00475 e. The van der Waals surface area contributed by atoms with E-state index >= 15 is 0 Å². The maximum absolute atomic E-state index is 2.38. The zero-order chi connectivity index (χ0) is 13.1. The molecule has 1 aliphatic rings. The van der Waals surface area contributed by atoms with E-state index < -0.39 is 0 Å². The molecule has 19 heavy (non-hydrogen) atoms. The highest BCUT2D eigenvalue weighted by Crippen LogP contribution is 2.69. The molecule has 0 amide bonds. The van der Waals surface area contributed by atoms with Crippen molar-refractivity contribution in [2.24, 2.45) is 0 Å². The number of hydrogen-bond acceptors (Lipinski definition) is 0. The predicted molar refractivity (Wildman–Crippen MR) is 85.1 cm³/mol. The van der Waals surface area contributed by atoms with Crippen molar-refractivity contribution in [2.45, 2.75) is 31.1 Å². The van der Waals surface area contributed by atoms with Gasteiger partial charge in [0.25, 0.3) is 0 Å². The summed E-state index contributed by atoms with van der Waals surface area (Å²) in [4.78, 5) is 0. The summed E-state index contributed by atoms with van der Waals surface area (Å²) in [6.07, 6.45) is 4.07. The lowest BCUT2D eigenvalue weighted by molar-refractivity contribution is 0.765. The molecule has 1 fully saturated rings.